The fourth-order valence-corrected chi connectivity index (χ4v) is 5.08. The van der Waals surface area contributed by atoms with Crippen LogP contribution < -0.4 is 14.9 Å². The number of esters is 1. The van der Waals surface area contributed by atoms with Gasteiger partial charge in [-0.1, -0.05) is 58.4 Å². The SMILES string of the molecule is CCOc1cc(C=NNC(=O)c2[nH]c3c(I)cccc3c2-c2ccccc2)ccc1OC(=O)c1ccc(Br)cc1. The third-order valence-electron chi connectivity index (χ3n) is 6.00. The number of aromatic amines is 1. The lowest BCUT2D eigenvalue weighted by Crippen LogP contribution is -2.19. The highest BCUT2D eigenvalue weighted by molar-refractivity contribution is 14.1. The van der Waals surface area contributed by atoms with Gasteiger partial charge in [-0.3, -0.25) is 4.79 Å². The zero-order valence-electron chi connectivity index (χ0n) is 21.3. The van der Waals surface area contributed by atoms with Crippen molar-refractivity contribution in [3.8, 4) is 22.6 Å². The van der Waals surface area contributed by atoms with Crippen LogP contribution in [0.1, 0.15) is 33.3 Å². The summed E-state index contributed by atoms with van der Waals surface area (Å²) in [5, 5.41) is 5.14. The number of carbonyl (C=O) groups is 2. The van der Waals surface area contributed by atoms with Crippen molar-refractivity contribution in [3.63, 3.8) is 0 Å². The first-order chi connectivity index (χ1) is 19.4. The Hall–Kier alpha value is -3.96. The second-order valence-corrected chi connectivity index (χ2v) is 10.7. The number of rotatable bonds is 8. The van der Waals surface area contributed by atoms with E-state index in [0.717, 1.165) is 30.1 Å². The molecule has 1 aromatic heterocycles. The molecule has 0 saturated heterocycles. The van der Waals surface area contributed by atoms with Gasteiger partial charge in [-0.2, -0.15) is 5.10 Å². The van der Waals surface area contributed by atoms with Crippen molar-refractivity contribution in [1.29, 1.82) is 0 Å². The third kappa shape index (κ3) is 6.10. The molecule has 0 aliphatic rings. The van der Waals surface area contributed by atoms with Crippen LogP contribution in [0.4, 0.5) is 0 Å². The van der Waals surface area contributed by atoms with E-state index >= 15 is 0 Å². The smallest absolute Gasteiger partial charge is 0.343 e. The van der Waals surface area contributed by atoms with Crippen LogP contribution in [0.15, 0.2) is 101 Å². The van der Waals surface area contributed by atoms with Gasteiger partial charge in [0, 0.05) is 19.0 Å². The summed E-state index contributed by atoms with van der Waals surface area (Å²) in [6.07, 6.45) is 1.51. The van der Waals surface area contributed by atoms with E-state index in [9.17, 15) is 9.59 Å². The quantitative estimate of drug-likeness (QED) is 0.0572. The summed E-state index contributed by atoms with van der Waals surface area (Å²) >= 11 is 5.61. The van der Waals surface area contributed by atoms with E-state index in [1.807, 2.05) is 55.5 Å². The molecule has 0 spiro atoms. The molecular formula is C31H23BrIN3O4. The minimum Gasteiger partial charge on any atom is -0.490 e. The highest BCUT2D eigenvalue weighted by Crippen LogP contribution is 2.34. The first-order valence-electron chi connectivity index (χ1n) is 12.4. The lowest BCUT2D eigenvalue weighted by molar-refractivity contribution is 0.0728. The number of hydrogen-bond donors (Lipinski definition) is 2. The number of hydrazone groups is 1. The second-order valence-electron chi connectivity index (χ2n) is 8.64. The molecule has 40 heavy (non-hydrogen) atoms. The first-order valence-corrected chi connectivity index (χ1v) is 14.3. The zero-order valence-corrected chi connectivity index (χ0v) is 25.0. The number of hydrogen-bond acceptors (Lipinski definition) is 5. The van der Waals surface area contributed by atoms with E-state index in [0.29, 0.717) is 29.2 Å². The van der Waals surface area contributed by atoms with Gasteiger partial charge in [0.1, 0.15) is 5.69 Å². The molecule has 1 amide bonds. The van der Waals surface area contributed by atoms with Crippen molar-refractivity contribution >= 4 is 67.5 Å². The number of amides is 1. The van der Waals surface area contributed by atoms with E-state index < -0.39 is 5.97 Å². The summed E-state index contributed by atoms with van der Waals surface area (Å²) in [7, 11) is 0. The fraction of sp³-hybridized carbons (Fsp3) is 0.0645. The summed E-state index contributed by atoms with van der Waals surface area (Å²) in [6, 6.07) is 27.7. The largest absolute Gasteiger partial charge is 0.490 e. The molecule has 0 radical (unpaired) electrons. The van der Waals surface area contributed by atoms with Crippen molar-refractivity contribution in [3.05, 3.63) is 116 Å². The number of aromatic nitrogens is 1. The molecule has 0 aliphatic carbocycles. The van der Waals surface area contributed by atoms with Crippen LogP contribution in [0.25, 0.3) is 22.0 Å². The van der Waals surface area contributed by atoms with E-state index in [-0.39, 0.29) is 11.7 Å². The molecule has 0 aliphatic heterocycles. The molecule has 9 heteroatoms. The third-order valence-corrected chi connectivity index (χ3v) is 7.43. The van der Waals surface area contributed by atoms with Gasteiger partial charge in [-0.25, -0.2) is 10.2 Å². The normalized spacial score (nSPS) is 11.1. The monoisotopic (exact) mass is 707 g/mol. The molecule has 5 rings (SSSR count). The number of halogens is 2. The predicted octanol–water partition coefficient (Wildman–Crippen LogP) is 7.58. The Balaban J connectivity index is 1.36. The minimum atomic E-state index is -0.496. The molecule has 0 fully saturated rings. The predicted molar refractivity (Wildman–Crippen MR) is 168 cm³/mol. The topological polar surface area (TPSA) is 92.8 Å². The zero-order chi connectivity index (χ0) is 28.1. The molecule has 200 valence electrons. The molecule has 5 aromatic rings. The summed E-state index contributed by atoms with van der Waals surface area (Å²) in [5.74, 6) is -0.188. The lowest BCUT2D eigenvalue weighted by Gasteiger charge is -2.11. The molecule has 0 atom stereocenters. The van der Waals surface area contributed by atoms with Crippen LogP contribution in [0, 0.1) is 3.57 Å². The lowest BCUT2D eigenvalue weighted by atomic mass is 10.0. The number of para-hydroxylation sites is 1. The average Bonchev–Trinajstić information content (AvgIpc) is 3.36. The Morgan fingerprint density at radius 1 is 0.975 bits per heavy atom. The average molecular weight is 708 g/mol. The number of fused-ring (bicyclic) bond motifs is 1. The summed E-state index contributed by atoms with van der Waals surface area (Å²) in [5.41, 5.74) is 6.77. The van der Waals surface area contributed by atoms with Crippen molar-refractivity contribution in [2.24, 2.45) is 5.10 Å². The Bertz CT molecular complexity index is 1720. The van der Waals surface area contributed by atoms with E-state index in [1.165, 1.54) is 6.21 Å². The van der Waals surface area contributed by atoms with Crippen LogP contribution in [-0.4, -0.2) is 29.7 Å². The van der Waals surface area contributed by atoms with Gasteiger partial charge in [-0.15, -0.1) is 0 Å². The molecule has 0 bridgehead atoms. The number of benzene rings is 4. The van der Waals surface area contributed by atoms with Crippen LogP contribution in [0.3, 0.4) is 0 Å². The van der Waals surface area contributed by atoms with Gasteiger partial charge in [0.15, 0.2) is 11.5 Å². The van der Waals surface area contributed by atoms with Crippen LogP contribution in [0.2, 0.25) is 0 Å². The van der Waals surface area contributed by atoms with Crippen molar-refractivity contribution in [2.45, 2.75) is 6.92 Å². The van der Waals surface area contributed by atoms with E-state index in [1.54, 1.807) is 42.5 Å². The summed E-state index contributed by atoms with van der Waals surface area (Å²) < 4.78 is 13.2. The van der Waals surface area contributed by atoms with Gasteiger partial charge >= 0.3 is 5.97 Å². The fourth-order valence-electron chi connectivity index (χ4n) is 4.18. The summed E-state index contributed by atoms with van der Waals surface area (Å²) in [6.45, 7) is 2.22. The Morgan fingerprint density at radius 3 is 2.50 bits per heavy atom. The van der Waals surface area contributed by atoms with E-state index in [2.05, 4.69) is 54.0 Å². The number of ether oxygens (including phenoxy) is 2. The van der Waals surface area contributed by atoms with Crippen LogP contribution in [0.5, 0.6) is 11.5 Å². The Morgan fingerprint density at radius 2 is 1.75 bits per heavy atom. The van der Waals surface area contributed by atoms with Gasteiger partial charge in [0.25, 0.3) is 5.91 Å². The van der Waals surface area contributed by atoms with Crippen molar-refractivity contribution in [2.75, 3.05) is 6.61 Å². The van der Waals surface area contributed by atoms with Gasteiger partial charge in [0.2, 0.25) is 0 Å². The first kappa shape index (κ1) is 27.6. The highest BCUT2D eigenvalue weighted by atomic mass is 127. The molecule has 7 nitrogen and oxygen atoms in total. The van der Waals surface area contributed by atoms with E-state index in [4.69, 9.17) is 9.47 Å². The maximum atomic E-state index is 13.3. The maximum Gasteiger partial charge on any atom is 0.343 e. The number of nitrogens with zero attached hydrogens (tertiary/aromatic N) is 1. The van der Waals surface area contributed by atoms with Crippen molar-refractivity contribution < 1.29 is 19.1 Å². The molecule has 4 aromatic carbocycles. The standard InChI is InChI=1S/C31H23BrIN3O4/c1-2-39-26-17-19(11-16-25(26)40-31(38)21-12-14-22(32)15-13-21)18-34-36-30(37)29-27(20-7-4-3-5-8-20)23-9-6-10-24(33)28(23)35-29/h3-18,35H,2H2,1H3,(H,36,37). The highest BCUT2D eigenvalue weighted by Gasteiger charge is 2.20. The van der Waals surface area contributed by atoms with Gasteiger partial charge < -0.3 is 14.5 Å². The number of carbonyl (C=O) groups excluding carboxylic acids is 2. The molecule has 0 unspecified atom stereocenters. The van der Waals surface area contributed by atoms with Gasteiger partial charge in [-0.05, 0) is 89.2 Å². The maximum absolute atomic E-state index is 13.3. The second kappa shape index (κ2) is 12.5. The Kier molecular flexibility index (Phi) is 8.61. The minimum absolute atomic E-state index is 0.288. The van der Waals surface area contributed by atoms with Gasteiger partial charge in [0.05, 0.1) is 23.9 Å². The molecule has 0 saturated carbocycles. The van der Waals surface area contributed by atoms with Crippen molar-refractivity contribution in [1.82, 2.24) is 10.4 Å². The van der Waals surface area contributed by atoms with Crippen LogP contribution in [-0.2, 0) is 0 Å². The number of H-pyrrole nitrogens is 1. The molecule has 1 heterocycles. The molecule has 2 N–H and O–H groups in total. The number of nitrogens with one attached hydrogen (secondary N) is 2. The Labute approximate surface area is 252 Å². The van der Waals surface area contributed by atoms with Crippen LogP contribution >= 0.6 is 38.5 Å². The molecular weight excluding hydrogens is 685 g/mol. The summed E-state index contributed by atoms with van der Waals surface area (Å²) in [4.78, 5) is 29.1.